The summed E-state index contributed by atoms with van der Waals surface area (Å²) in [5.74, 6) is -1.06. The molecule has 1 rings (SSSR count). The van der Waals surface area contributed by atoms with Gasteiger partial charge < -0.3 is 15.7 Å². The minimum Gasteiger partial charge on any atom is -0.395 e. The van der Waals surface area contributed by atoms with E-state index < -0.39 is 12.0 Å². The monoisotopic (exact) mass is 264 g/mol. The van der Waals surface area contributed by atoms with Gasteiger partial charge in [-0.3, -0.25) is 0 Å². The number of rotatable bonds is 6. The van der Waals surface area contributed by atoms with Crippen LogP contribution in [0.25, 0.3) is 0 Å². The van der Waals surface area contributed by atoms with Gasteiger partial charge >= 0.3 is 6.18 Å². The van der Waals surface area contributed by atoms with Gasteiger partial charge in [-0.2, -0.15) is 13.2 Å². The highest BCUT2D eigenvalue weighted by Gasteiger charge is 2.35. The molecule has 1 aromatic heterocycles. The van der Waals surface area contributed by atoms with Crippen LogP contribution in [0.15, 0.2) is 6.07 Å². The number of aliphatic hydroxyl groups excluding tert-OH is 1. The van der Waals surface area contributed by atoms with Crippen LogP contribution in [-0.4, -0.2) is 34.8 Å². The molecule has 1 heterocycles. The zero-order valence-corrected chi connectivity index (χ0v) is 9.88. The van der Waals surface area contributed by atoms with Gasteiger partial charge in [0, 0.05) is 19.2 Å². The molecule has 0 saturated heterocycles. The van der Waals surface area contributed by atoms with E-state index in [1.54, 1.807) is 0 Å². The molecule has 0 aliphatic rings. The standard InChI is InChI=1S/C10H15F3N4O/c1-2-3-14-7-6-8(15-4-5-18)17-9(16-7)10(11,12)13/h6,18H,2-5H2,1H3,(H2,14,15,16,17). The Bertz CT molecular complexity index is 358. The van der Waals surface area contributed by atoms with Crippen molar-refractivity contribution in [1.82, 2.24) is 9.97 Å². The summed E-state index contributed by atoms with van der Waals surface area (Å²) in [5.41, 5.74) is 0. The Morgan fingerprint density at radius 1 is 1.17 bits per heavy atom. The molecule has 5 nitrogen and oxygen atoms in total. The summed E-state index contributed by atoms with van der Waals surface area (Å²) < 4.78 is 37.7. The lowest BCUT2D eigenvalue weighted by Gasteiger charge is -2.11. The molecule has 0 aliphatic heterocycles. The molecule has 0 unspecified atom stereocenters. The minimum absolute atomic E-state index is 0.0324. The molecule has 3 N–H and O–H groups in total. The van der Waals surface area contributed by atoms with Crippen molar-refractivity contribution >= 4 is 11.6 Å². The van der Waals surface area contributed by atoms with Crippen LogP contribution >= 0.6 is 0 Å². The smallest absolute Gasteiger partial charge is 0.395 e. The molecule has 0 radical (unpaired) electrons. The van der Waals surface area contributed by atoms with Crippen molar-refractivity contribution in [2.75, 3.05) is 30.3 Å². The largest absolute Gasteiger partial charge is 0.451 e. The average Bonchev–Trinajstić information content (AvgIpc) is 2.32. The van der Waals surface area contributed by atoms with Crippen molar-refractivity contribution in [3.63, 3.8) is 0 Å². The van der Waals surface area contributed by atoms with Crippen LogP contribution in [0.3, 0.4) is 0 Å². The molecule has 0 spiro atoms. The fourth-order valence-corrected chi connectivity index (χ4v) is 1.19. The molecule has 0 fully saturated rings. The van der Waals surface area contributed by atoms with E-state index in [1.165, 1.54) is 6.07 Å². The number of hydrogen-bond acceptors (Lipinski definition) is 5. The van der Waals surface area contributed by atoms with Crippen molar-refractivity contribution in [2.24, 2.45) is 0 Å². The topological polar surface area (TPSA) is 70.1 Å². The van der Waals surface area contributed by atoms with Gasteiger partial charge in [-0.15, -0.1) is 0 Å². The van der Waals surface area contributed by atoms with Crippen molar-refractivity contribution in [3.05, 3.63) is 11.9 Å². The maximum absolute atomic E-state index is 12.6. The van der Waals surface area contributed by atoms with Crippen LogP contribution < -0.4 is 10.6 Å². The number of aromatic nitrogens is 2. The maximum Gasteiger partial charge on any atom is 0.451 e. The maximum atomic E-state index is 12.6. The molecule has 1 aromatic rings. The molecule has 0 bridgehead atoms. The third-order valence-electron chi connectivity index (χ3n) is 1.95. The molecule has 8 heteroatoms. The summed E-state index contributed by atoms with van der Waals surface area (Å²) in [5, 5.41) is 14.0. The molecule has 0 saturated carbocycles. The molecule has 18 heavy (non-hydrogen) atoms. The number of anilines is 2. The highest BCUT2D eigenvalue weighted by atomic mass is 19.4. The van der Waals surface area contributed by atoms with Gasteiger partial charge in [0.05, 0.1) is 6.61 Å². The van der Waals surface area contributed by atoms with Gasteiger partial charge in [-0.1, -0.05) is 6.92 Å². The fraction of sp³-hybridized carbons (Fsp3) is 0.600. The van der Waals surface area contributed by atoms with Crippen LogP contribution in [-0.2, 0) is 6.18 Å². The Kier molecular flexibility index (Phi) is 5.14. The first kappa shape index (κ1) is 14.5. The average molecular weight is 264 g/mol. The Labute approximate surface area is 102 Å². The van der Waals surface area contributed by atoms with E-state index >= 15 is 0 Å². The number of nitrogens with zero attached hydrogens (tertiary/aromatic N) is 2. The fourth-order valence-electron chi connectivity index (χ4n) is 1.19. The molecule has 0 atom stereocenters. The molecule has 0 amide bonds. The summed E-state index contributed by atoms with van der Waals surface area (Å²) in [6, 6.07) is 1.38. The number of halogens is 3. The second kappa shape index (κ2) is 6.39. The number of hydrogen-bond donors (Lipinski definition) is 3. The van der Waals surface area contributed by atoms with E-state index in [-0.39, 0.29) is 24.8 Å². The Morgan fingerprint density at radius 3 is 2.17 bits per heavy atom. The molecule has 102 valence electrons. The lowest BCUT2D eigenvalue weighted by Crippen LogP contribution is -2.16. The zero-order chi connectivity index (χ0) is 13.6. The molecule has 0 aromatic carbocycles. The number of alkyl halides is 3. The predicted molar refractivity (Wildman–Crippen MR) is 61.4 cm³/mol. The summed E-state index contributed by atoms with van der Waals surface area (Å²) in [6.07, 6.45) is -3.83. The third kappa shape index (κ3) is 4.36. The molecular formula is C10H15F3N4O. The van der Waals surface area contributed by atoms with Gasteiger partial charge in [-0.25, -0.2) is 9.97 Å². The lowest BCUT2D eigenvalue weighted by atomic mass is 10.4. The predicted octanol–water partition coefficient (Wildman–Crippen LogP) is 1.72. The normalized spacial score (nSPS) is 11.4. The first-order valence-electron chi connectivity index (χ1n) is 5.52. The number of nitrogens with one attached hydrogen (secondary N) is 2. The van der Waals surface area contributed by atoms with E-state index in [0.717, 1.165) is 6.42 Å². The van der Waals surface area contributed by atoms with Crippen LogP contribution in [0, 0.1) is 0 Å². The van der Waals surface area contributed by atoms with E-state index in [4.69, 9.17) is 5.11 Å². The SMILES string of the molecule is CCCNc1cc(NCCO)nc(C(F)(F)F)n1. The van der Waals surface area contributed by atoms with Crippen LogP contribution in [0.1, 0.15) is 19.2 Å². The van der Waals surface area contributed by atoms with Gasteiger partial charge in [0.25, 0.3) is 0 Å². The number of aliphatic hydroxyl groups is 1. The Morgan fingerprint density at radius 2 is 1.72 bits per heavy atom. The quantitative estimate of drug-likeness (QED) is 0.730. The second-order valence-electron chi connectivity index (χ2n) is 3.54. The highest BCUT2D eigenvalue weighted by molar-refractivity contribution is 5.47. The zero-order valence-electron chi connectivity index (χ0n) is 9.88. The van der Waals surface area contributed by atoms with Crippen molar-refractivity contribution in [2.45, 2.75) is 19.5 Å². The van der Waals surface area contributed by atoms with Crippen molar-refractivity contribution < 1.29 is 18.3 Å². The van der Waals surface area contributed by atoms with E-state index in [0.29, 0.717) is 6.54 Å². The molecule has 0 aliphatic carbocycles. The van der Waals surface area contributed by atoms with Crippen molar-refractivity contribution in [1.29, 1.82) is 0 Å². The molecular weight excluding hydrogens is 249 g/mol. The van der Waals surface area contributed by atoms with E-state index in [2.05, 4.69) is 20.6 Å². The minimum atomic E-state index is -4.60. The Hall–Kier alpha value is -1.57. The first-order valence-corrected chi connectivity index (χ1v) is 5.52. The van der Waals surface area contributed by atoms with E-state index in [1.807, 2.05) is 6.92 Å². The summed E-state index contributed by atoms with van der Waals surface area (Å²) >= 11 is 0. The summed E-state index contributed by atoms with van der Waals surface area (Å²) in [4.78, 5) is 6.75. The highest BCUT2D eigenvalue weighted by Crippen LogP contribution is 2.28. The van der Waals surface area contributed by atoms with Gasteiger partial charge in [0.1, 0.15) is 11.6 Å². The van der Waals surface area contributed by atoms with Crippen LogP contribution in [0.2, 0.25) is 0 Å². The van der Waals surface area contributed by atoms with Crippen molar-refractivity contribution in [3.8, 4) is 0 Å². The van der Waals surface area contributed by atoms with Gasteiger partial charge in [-0.05, 0) is 6.42 Å². The summed E-state index contributed by atoms with van der Waals surface area (Å²) in [7, 11) is 0. The second-order valence-corrected chi connectivity index (χ2v) is 3.54. The van der Waals surface area contributed by atoms with Crippen LogP contribution in [0.4, 0.5) is 24.8 Å². The van der Waals surface area contributed by atoms with Gasteiger partial charge in [0.2, 0.25) is 5.82 Å². The first-order chi connectivity index (χ1) is 8.47. The lowest BCUT2D eigenvalue weighted by molar-refractivity contribution is -0.144. The van der Waals surface area contributed by atoms with Crippen LogP contribution in [0.5, 0.6) is 0 Å². The summed E-state index contributed by atoms with van der Waals surface area (Å²) in [6.45, 7) is 2.35. The Balaban J connectivity index is 2.96. The van der Waals surface area contributed by atoms with Gasteiger partial charge in [0.15, 0.2) is 0 Å². The third-order valence-corrected chi connectivity index (χ3v) is 1.95. The van der Waals surface area contributed by atoms with E-state index in [9.17, 15) is 13.2 Å².